The molecule has 1 atom stereocenters. The quantitative estimate of drug-likeness (QED) is 0.940. The SMILES string of the molecule is COc1cc2c(cc1OC)-c1cc(=O)c(C(=O)O)cn1[C@H](C)C2. The predicted octanol–water partition coefficient (Wildman–Crippen LogP) is 2.35. The average molecular weight is 315 g/mol. The van der Waals surface area contributed by atoms with Crippen LogP contribution >= 0.6 is 0 Å². The van der Waals surface area contributed by atoms with Gasteiger partial charge < -0.3 is 19.1 Å². The van der Waals surface area contributed by atoms with E-state index in [4.69, 9.17) is 14.6 Å². The molecule has 1 aromatic carbocycles. The van der Waals surface area contributed by atoms with E-state index in [0.717, 1.165) is 11.1 Å². The molecule has 3 rings (SSSR count). The normalized spacial score (nSPS) is 15.5. The molecule has 1 N–H and O–H groups in total. The standard InChI is InChI=1S/C17H17NO5/c1-9-4-10-5-15(22-2)16(23-3)6-11(10)13-7-14(19)12(17(20)21)8-18(9)13/h5-9H,4H2,1-3H3,(H,20,21)/t9-/m1/s1. The lowest BCUT2D eigenvalue weighted by Crippen LogP contribution is -2.24. The van der Waals surface area contributed by atoms with E-state index in [0.29, 0.717) is 23.6 Å². The number of fused-ring (bicyclic) bond motifs is 3. The summed E-state index contributed by atoms with van der Waals surface area (Å²) in [6, 6.07) is 5.15. The van der Waals surface area contributed by atoms with Crippen LogP contribution in [0.3, 0.4) is 0 Å². The lowest BCUT2D eigenvalue weighted by atomic mass is 9.92. The van der Waals surface area contributed by atoms with Gasteiger partial charge in [0, 0.05) is 23.9 Å². The van der Waals surface area contributed by atoms with E-state index < -0.39 is 11.4 Å². The highest BCUT2D eigenvalue weighted by Gasteiger charge is 2.25. The summed E-state index contributed by atoms with van der Waals surface area (Å²) < 4.78 is 12.5. The van der Waals surface area contributed by atoms with E-state index in [9.17, 15) is 9.59 Å². The largest absolute Gasteiger partial charge is 0.493 e. The third-order valence-electron chi connectivity index (χ3n) is 4.19. The second kappa shape index (κ2) is 5.46. The fourth-order valence-electron chi connectivity index (χ4n) is 3.04. The van der Waals surface area contributed by atoms with Gasteiger partial charge in [-0.05, 0) is 31.0 Å². The summed E-state index contributed by atoms with van der Waals surface area (Å²) in [7, 11) is 3.13. The zero-order valence-electron chi connectivity index (χ0n) is 13.1. The second-order valence-corrected chi connectivity index (χ2v) is 5.57. The highest BCUT2D eigenvalue weighted by atomic mass is 16.5. The molecular formula is C17H17NO5. The third-order valence-corrected chi connectivity index (χ3v) is 4.19. The van der Waals surface area contributed by atoms with Gasteiger partial charge in [0.2, 0.25) is 0 Å². The maximum Gasteiger partial charge on any atom is 0.341 e. The van der Waals surface area contributed by atoms with E-state index >= 15 is 0 Å². The van der Waals surface area contributed by atoms with Crippen molar-refractivity contribution < 1.29 is 19.4 Å². The molecule has 6 heteroatoms. The van der Waals surface area contributed by atoms with Gasteiger partial charge in [-0.25, -0.2) is 4.79 Å². The summed E-state index contributed by atoms with van der Waals surface area (Å²) >= 11 is 0. The Balaban J connectivity index is 2.28. The first kappa shape index (κ1) is 15.1. The summed E-state index contributed by atoms with van der Waals surface area (Å²) in [4.78, 5) is 23.3. The van der Waals surface area contributed by atoms with Gasteiger partial charge in [-0.2, -0.15) is 0 Å². The number of carboxylic acid groups (broad SMARTS) is 1. The number of aromatic carboxylic acids is 1. The number of carboxylic acids is 1. The Kier molecular flexibility index (Phi) is 3.60. The topological polar surface area (TPSA) is 77.8 Å². The number of hydrogen-bond acceptors (Lipinski definition) is 4. The summed E-state index contributed by atoms with van der Waals surface area (Å²) in [6.45, 7) is 1.99. The van der Waals surface area contributed by atoms with Crippen LogP contribution in [0.25, 0.3) is 11.3 Å². The molecule has 0 fully saturated rings. The molecule has 23 heavy (non-hydrogen) atoms. The Labute approximate surface area is 132 Å². The fourth-order valence-corrected chi connectivity index (χ4v) is 3.04. The zero-order valence-corrected chi connectivity index (χ0v) is 13.1. The first-order valence-electron chi connectivity index (χ1n) is 7.21. The predicted molar refractivity (Wildman–Crippen MR) is 84.6 cm³/mol. The Bertz CT molecular complexity index is 853. The highest BCUT2D eigenvalue weighted by Crippen LogP contribution is 2.40. The molecule has 2 aromatic rings. The van der Waals surface area contributed by atoms with Crippen molar-refractivity contribution in [2.45, 2.75) is 19.4 Å². The number of nitrogens with zero attached hydrogens (tertiary/aromatic N) is 1. The molecule has 1 aromatic heterocycles. The Morgan fingerprint density at radius 1 is 1.22 bits per heavy atom. The van der Waals surface area contributed by atoms with Gasteiger partial charge in [-0.3, -0.25) is 4.79 Å². The molecule has 0 amide bonds. The number of aromatic nitrogens is 1. The Morgan fingerprint density at radius 2 is 1.87 bits per heavy atom. The Hall–Kier alpha value is -2.76. The van der Waals surface area contributed by atoms with Crippen molar-refractivity contribution in [1.82, 2.24) is 4.57 Å². The summed E-state index contributed by atoms with van der Waals surface area (Å²) in [5.74, 6) is -0.00544. The summed E-state index contributed by atoms with van der Waals surface area (Å²) in [6.07, 6.45) is 2.13. The van der Waals surface area contributed by atoms with Gasteiger partial charge in [0.15, 0.2) is 16.9 Å². The van der Waals surface area contributed by atoms with Crippen molar-refractivity contribution >= 4 is 5.97 Å². The molecule has 0 saturated heterocycles. The zero-order chi connectivity index (χ0) is 16.7. The van der Waals surface area contributed by atoms with E-state index in [1.54, 1.807) is 14.2 Å². The van der Waals surface area contributed by atoms with Gasteiger partial charge in [0.1, 0.15) is 5.56 Å². The van der Waals surface area contributed by atoms with Crippen molar-refractivity contribution in [1.29, 1.82) is 0 Å². The van der Waals surface area contributed by atoms with E-state index in [1.165, 1.54) is 12.3 Å². The Morgan fingerprint density at radius 3 is 2.48 bits per heavy atom. The maximum atomic E-state index is 12.1. The molecular weight excluding hydrogens is 298 g/mol. The van der Waals surface area contributed by atoms with Crippen LogP contribution in [-0.2, 0) is 6.42 Å². The van der Waals surface area contributed by atoms with Gasteiger partial charge in [-0.15, -0.1) is 0 Å². The van der Waals surface area contributed by atoms with Gasteiger partial charge >= 0.3 is 5.97 Å². The third kappa shape index (κ3) is 2.36. The van der Waals surface area contributed by atoms with Crippen LogP contribution in [0.5, 0.6) is 11.5 Å². The van der Waals surface area contributed by atoms with Crippen LogP contribution in [0.15, 0.2) is 29.2 Å². The average Bonchev–Trinajstić information content (AvgIpc) is 2.53. The molecule has 0 spiro atoms. The number of methoxy groups -OCH3 is 2. The van der Waals surface area contributed by atoms with Crippen LogP contribution < -0.4 is 14.9 Å². The summed E-state index contributed by atoms with van der Waals surface area (Å²) in [5.41, 5.74) is 1.87. The molecule has 2 heterocycles. The fraction of sp³-hybridized carbons (Fsp3) is 0.294. The molecule has 0 radical (unpaired) electrons. The molecule has 0 saturated carbocycles. The minimum Gasteiger partial charge on any atom is -0.493 e. The molecule has 120 valence electrons. The lowest BCUT2D eigenvalue weighted by Gasteiger charge is -2.29. The molecule has 0 aliphatic carbocycles. The van der Waals surface area contributed by atoms with Crippen molar-refractivity contribution in [3.05, 3.63) is 45.7 Å². The maximum absolute atomic E-state index is 12.1. The molecule has 6 nitrogen and oxygen atoms in total. The first-order valence-corrected chi connectivity index (χ1v) is 7.21. The second-order valence-electron chi connectivity index (χ2n) is 5.57. The minimum absolute atomic E-state index is 0.0364. The lowest BCUT2D eigenvalue weighted by molar-refractivity contribution is 0.0694. The number of carbonyl (C=O) groups is 1. The van der Waals surface area contributed by atoms with Crippen molar-refractivity contribution in [3.63, 3.8) is 0 Å². The number of rotatable bonds is 3. The molecule has 1 aliphatic heterocycles. The first-order chi connectivity index (χ1) is 11.0. The number of hydrogen-bond donors (Lipinski definition) is 1. The number of ether oxygens (including phenoxy) is 2. The van der Waals surface area contributed by atoms with Crippen LogP contribution in [0.1, 0.15) is 28.9 Å². The van der Waals surface area contributed by atoms with Crippen molar-refractivity contribution in [3.8, 4) is 22.8 Å². The molecule has 1 aliphatic rings. The number of benzene rings is 1. The highest BCUT2D eigenvalue weighted by molar-refractivity contribution is 5.87. The molecule has 0 unspecified atom stereocenters. The van der Waals surface area contributed by atoms with Crippen LogP contribution in [0.2, 0.25) is 0 Å². The van der Waals surface area contributed by atoms with Crippen LogP contribution in [-0.4, -0.2) is 29.9 Å². The van der Waals surface area contributed by atoms with Crippen LogP contribution in [0.4, 0.5) is 0 Å². The smallest absolute Gasteiger partial charge is 0.341 e. The van der Waals surface area contributed by atoms with E-state index in [2.05, 4.69) is 0 Å². The number of pyridine rings is 1. The van der Waals surface area contributed by atoms with Crippen molar-refractivity contribution in [2.24, 2.45) is 0 Å². The van der Waals surface area contributed by atoms with Gasteiger partial charge in [0.05, 0.1) is 19.9 Å². The molecule has 0 bridgehead atoms. The monoisotopic (exact) mass is 315 g/mol. The van der Waals surface area contributed by atoms with E-state index in [-0.39, 0.29) is 11.6 Å². The van der Waals surface area contributed by atoms with Crippen molar-refractivity contribution in [2.75, 3.05) is 14.2 Å². The van der Waals surface area contributed by atoms with Gasteiger partial charge in [0.25, 0.3) is 0 Å². The minimum atomic E-state index is -1.21. The van der Waals surface area contributed by atoms with E-state index in [1.807, 2.05) is 23.6 Å². The van der Waals surface area contributed by atoms with Gasteiger partial charge in [-0.1, -0.05) is 0 Å². The summed E-state index contributed by atoms with van der Waals surface area (Å²) in [5, 5.41) is 9.15. The van der Waals surface area contributed by atoms with Crippen LogP contribution in [0, 0.1) is 0 Å².